The van der Waals surface area contributed by atoms with Crippen LogP contribution in [0.1, 0.15) is 18.9 Å². The van der Waals surface area contributed by atoms with Crippen molar-refractivity contribution in [1.82, 2.24) is 5.32 Å². The molecule has 1 N–H and O–H groups in total. The minimum absolute atomic E-state index is 0.205. The van der Waals surface area contributed by atoms with Crippen LogP contribution in [0.25, 0.3) is 0 Å². The molecule has 2 rings (SSSR count). The fourth-order valence-electron chi connectivity index (χ4n) is 2.74. The van der Waals surface area contributed by atoms with Crippen LogP contribution in [0.15, 0.2) is 24.3 Å². The van der Waals surface area contributed by atoms with E-state index in [1.165, 1.54) is 4.90 Å². The van der Waals surface area contributed by atoms with E-state index in [-0.39, 0.29) is 26.1 Å². The molecule has 0 aromatic heterocycles. The highest BCUT2D eigenvalue weighted by molar-refractivity contribution is 5.98. The molecule has 116 valence electrons. The van der Waals surface area contributed by atoms with Gasteiger partial charge in [-0.1, -0.05) is 12.1 Å². The average Bonchev–Trinajstić information content (AvgIpc) is 2.89. The van der Waals surface area contributed by atoms with E-state index in [9.17, 15) is 18.0 Å². The van der Waals surface area contributed by atoms with Crippen molar-refractivity contribution in [2.75, 3.05) is 24.5 Å². The largest absolute Gasteiger partial charge is 0.404 e. The minimum Gasteiger partial charge on any atom is -0.315 e. The molecule has 1 atom stereocenters. The van der Waals surface area contributed by atoms with Gasteiger partial charge in [0.05, 0.1) is 0 Å². The fraction of sp³-hybridized carbons (Fsp3) is 0.533. The molecule has 0 bridgehead atoms. The summed E-state index contributed by atoms with van der Waals surface area (Å²) >= 11 is 0. The molecule has 0 aliphatic carbocycles. The molecule has 1 aliphatic rings. The van der Waals surface area contributed by atoms with Gasteiger partial charge >= 0.3 is 6.18 Å². The predicted octanol–water partition coefficient (Wildman–Crippen LogP) is 2.89. The normalized spacial score (nSPS) is 22.3. The number of nitrogens with zero attached hydrogens (tertiary/aromatic N) is 1. The molecule has 1 aromatic carbocycles. The standard InChI is InChI=1S/C15H19F3N2O/c1-3-20(12-6-4-5-11(2)9-12)13(21)14(15(16,17)18)7-8-19-10-14/h4-6,9,19H,3,7-8,10H2,1-2H3. The number of halogens is 3. The third-order valence-corrected chi connectivity index (χ3v) is 3.98. The first kappa shape index (κ1) is 15.8. The van der Waals surface area contributed by atoms with E-state index < -0.39 is 17.5 Å². The molecule has 1 fully saturated rings. The highest BCUT2D eigenvalue weighted by Gasteiger charge is 2.62. The number of nitrogens with one attached hydrogen (secondary N) is 1. The first-order valence-corrected chi connectivity index (χ1v) is 6.98. The smallest absolute Gasteiger partial charge is 0.315 e. The Labute approximate surface area is 122 Å². The van der Waals surface area contributed by atoms with Crippen LogP contribution in [0.2, 0.25) is 0 Å². The van der Waals surface area contributed by atoms with Crippen LogP contribution in [-0.2, 0) is 4.79 Å². The van der Waals surface area contributed by atoms with Crippen LogP contribution in [0.3, 0.4) is 0 Å². The van der Waals surface area contributed by atoms with Gasteiger partial charge in [-0.3, -0.25) is 4.79 Å². The van der Waals surface area contributed by atoms with Crippen molar-refractivity contribution in [1.29, 1.82) is 0 Å². The Morgan fingerprint density at radius 2 is 2.14 bits per heavy atom. The maximum atomic E-state index is 13.5. The van der Waals surface area contributed by atoms with Crippen molar-refractivity contribution < 1.29 is 18.0 Å². The van der Waals surface area contributed by atoms with E-state index in [2.05, 4.69) is 5.32 Å². The second kappa shape index (κ2) is 5.67. The van der Waals surface area contributed by atoms with Crippen LogP contribution < -0.4 is 10.2 Å². The van der Waals surface area contributed by atoms with Crippen molar-refractivity contribution in [3.63, 3.8) is 0 Å². The van der Waals surface area contributed by atoms with E-state index in [0.29, 0.717) is 5.69 Å². The van der Waals surface area contributed by atoms with Gasteiger partial charge in [0.2, 0.25) is 5.91 Å². The number of benzene rings is 1. The lowest BCUT2D eigenvalue weighted by Crippen LogP contribution is -2.53. The number of hydrogen-bond acceptors (Lipinski definition) is 2. The van der Waals surface area contributed by atoms with Crippen molar-refractivity contribution in [3.8, 4) is 0 Å². The summed E-state index contributed by atoms with van der Waals surface area (Å²) in [4.78, 5) is 13.9. The molecule has 0 saturated carbocycles. The maximum absolute atomic E-state index is 13.5. The summed E-state index contributed by atoms with van der Waals surface area (Å²) in [7, 11) is 0. The molecule has 6 heteroatoms. The van der Waals surface area contributed by atoms with E-state index in [1.807, 2.05) is 13.0 Å². The summed E-state index contributed by atoms with van der Waals surface area (Å²) in [6.45, 7) is 3.60. The minimum atomic E-state index is -4.55. The number of aryl methyl sites for hydroxylation is 1. The van der Waals surface area contributed by atoms with E-state index >= 15 is 0 Å². The van der Waals surface area contributed by atoms with Gasteiger partial charge in [-0.2, -0.15) is 13.2 Å². The number of anilines is 1. The molecule has 1 aliphatic heterocycles. The van der Waals surface area contributed by atoms with Gasteiger partial charge in [0, 0.05) is 18.8 Å². The predicted molar refractivity (Wildman–Crippen MR) is 75.2 cm³/mol. The number of amides is 1. The molecule has 21 heavy (non-hydrogen) atoms. The molecule has 1 heterocycles. The Balaban J connectivity index is 2.39. The summed E-state index contributed by atoms with van der Waals surface area (Å²) in [5.41, 5.74) is -0.894. The Kier molecular flexibility index (Phi) is 4.27. The molecule has 3 nitrogen and oxygen atoms in total. The van der Waals surface area contributed by atoms with Gasteiger partial charge in [0.15, 0.2) is 5.41 Å². The first-order chi connectivity index (χ1) is 9.82. The lowest BCUT2D eigenvalue weighted by Gasteiger charge is -2.35. The van der Waals surface area contributed by atoms with E-state index in [1.54, 1.807) is 25.1 Å². The maximum Gasteiger partial charge on any atom is 0.404 e. The highest BCUT2D eigenvalue weighted by atomic mass is 19.4. The van der Waals surface area contributed by atoms with Gasteiger partial charge in [0.25, 0.3) is 0 Å². The Morgan fingerprint density at radius 1 is 1.43 bits per heavy atom. The number of alkyl halides is 3. The monoisotopic (exact) mass is 300 g/mol. The highest BCUT2D eigenvalue weighted by Crippen LogP contribution is 2.45. The number of hydrogen-bond donors (Lipinski definition) is 1. The molecule has 1 amide bonds. The van der Waals surface area contributed by atoms with Crippen LogP contribution in [0.4, 0.5) is 18.9 Å². The van der Waals surface area contributed by atoms with Gasteiger partial charge in [-0.25, -0.2) is 0 Å². The molecule has 1 aromatic rings. The van der Waals surface area contributed by atoms with Crippen LogP contribution in [-0.4, -0.2) is 31.7 Å². The summed E-state index contributed by atoms with van der Waals surface area (Å²) in [5.74, 6) is -0.867. The summed E-state index contributed by atoms with van der Waals surface area (Å²) in [6, 6.07) is 6.99. The topological polar surface area (TPSA) is 32.3 Å². The Morgan fingerprint density at radius 3 is 2.62 bits per heavy atom. The van der Waals surface area contributed by atoms with Gasteiger partial charge in [-0.05, 0) is 44.5 Å². The van der Waals surface area contributed by atoms with Gasteiger partial charge in [-0.15, -0.1) is 0 Å². The fourth-order valence-corrected chi connectivity index (χ4v) is 2.74. The molecule has 1 saturated heterocycles. The Bertz CT molecular complexity index is 522. The zero-order valence-electron chi connectivity index (χ0n) is 12.1. The lowest BCUT2D eigenvalue weighted by molar-refractivity contribution is -0.214. The van der Waals surface area contributed by atoms with Crippen LogP contribution in [0.5, 0.6) is 0 Å². The van der Waals surface area contributed by atoms with Crippen molar-refractivity contribution in [2.24, 2.45) is 5.41 Å². The third kappa shape index (κ3) is 2.77. The zero-order chi connectivity index (χ0) is 15.7. The first-order valence-electron chi connectivity index (χ1n) is 6.98. The SMILES string of the molecule is CCN(C(=O)C1(C(F)(F)F)CCNC1)c1cccc(C)c1. The molecular formula is C15H19F3N2O. The average molecular weight is 300 g/mol. The van der Waals surface area contributed by atoms with Gasteiger partial charge in [0.1, 0.15) is 0 Å². The summed E-state index contributed by atoms with van der Waals surface area (Å²) < 4.78 is 40.4. The van der Waals surface area contributed by atoms with Crippen molar-refractivity contribution >= 4 is 11.6 Å². The van der Waals surface area contributed by atoms with Crippen LogP contribution >= 0.6 is 0 Å². The molecule has 1 unspecified atom stereocenters. The molecular weight excluding hydrogens is 281 g/mol. The number of rotatable bonds is 3. The van der Waals surface area contributed by atoms with E-state index in [4.69, 9.17) is 0 Å². The van der Waals surface area contributed by atoms with E-state index in [0.717, 1.165) is 5.56 Å². The van der Waals surface area contributed by atoms with Gasteiger partial charge < -0.3 is 10.2 Å². The van der Waals surface area contributed by atoms with Crippen LogP contribution in [0, 0.1) is 12.3 Å². The molecule has 0 spiro atoms. The summed E-state index contributed by atoms with van der Waals surface area (Å²) in [6.07, 6.45) is -4.76. The lowest BCUT2D eigenvalue weighted by atomic mass is 9.84. The zero-order valence-corrected chi connectivity index (χ0v) is 12.1. The molecule has 0 radical (unpaired) electrons. The summed E-state index contributed by atoms with van der Waals surface area (Å²) in [5, 5.41) is 2.67. The quantitative estimate of drug-likeness (QED) is 0.931. The second-order valence-corrected chi connectivity index (χ2v) is 5.40. The number of carbonyl (C=O) groups is 1. The number of carbonyl (C=O) groups excluding carboxylic acids is 1. The van der Waals surface area contributed by atoms with Crippen molar-refractivity contribution in [2.45, 2.75) is 26.4 Å². The van der Waals surface area contributed by atoms with Crippen molar-refractivity contribution in [3.05, 3.63) is 29.8 Å². The Hall–Kier alpha value is -1.56. The third-order valence-electron chi connectivity index (χ3n) is 3.98. The second-order valence-electron chi connectivity index (χ2n) is 5.40.